The van der Waals surface area contributed by atoms with Crippen molar-refractivity contribution >= 4 is 21.7 Å². The fourth-order valence-electron chi connectivity index (χ4n) is 8.57. The van der Waals surface area contributed by atoms with Crippen LogP contribution in [0, 0.1) is 0 Å². The molecule has 0 spiro atoms. The van der Waals surface area contributed by atoms with E-state index >= 15 is 0 Å². The number of benzene rings is 9. The summed E-state index contributed by atoms with van der Waals surface area (Å²) in [5.41, 5.74) is 16.9. The van der Waals surface area contributed by atoms with Gasteiger partial charge >= 0.3 is 0 Å². The molecule has 11 aromatic rings. The molecule has 0 saturated heterocycles. The molecule has 0 radical (unpaired) electrons. The van der Waals surface area contributed by atoms with Crippen molar-refractivity contribution in [3.05, 3.63) is 237 Å². The number of pyridine rings is 1. The second kappa shape index (κ2) is 16.1. The van der Waals surface area contributed by atoms with Crippen LogP contribution in [0.3, 0.4) is 0 Å². The molecule has 9 aromatic carbocycles. The first-order valence-electron chi connectivity index (χ1n) is 21.0. The van der Waals surface area contributed by atoms with Crippen molar-refractivity contribution in [3.8, 4) is 89.7 Å². The molecule has 0 amide bonds. The van der Waals surface area contributed by atoms with Gasteiger partial charge in [0.25, 0.3) is 0 Å². The molecule has 2 aromatic heterocycles. The summed E-state index contributed by atoms with van der Waals surface area (Å²) in [7, 11) is 0. The van der Waals surface area contributed by atoms with Gasteiger partial charge in [0, 0.05) is 27.6 Å². The van der Waals surface area contributed by atoms with Gasteiger partial charge in [0.05, 0.1) is 22.6 Å². The van der Waals surface area contributed by atoms with Crippen molar-refractivity contribution in [2.24, 2.45) is 0 Å². The van der Waals surface area contributed by atoms with Crippen LogP contribution in [-0.4, -0.2) is 15.0 Å². The van der Waals surface area contributed by atoms with E-state index < -0.39 is 0 Å². The van der Waals surface area contributed by atoms with Crippen LogP contribution in [0.4, 0.5) is 0 Å². The normalized spacial score (nSPS) is 11.2. The standard InChI is InChI=1S/C59H39N3/c1-5-16-40(17-6-1)42-28-32-46(33-29-42)55-39-56(47-34-30-43(31-35-47)41-18-7-2-8-19-41)62-59(61-55)49-25-15-24-48(36-49)52-37-57-58(51-27-14-13-26-50(51)52)53(44-20-9-3-10-21-44)38-54(60-57)45-22-11-4-12-23-45/h1-39H. The minimum absolute atomic E-state index is 0.666. The van der Waals surface area contributed by atoms with E-state index in [4.69, 9.17) is 15.0 Å². The summed E-state index contributed by atoms with van der Waals surface area (Å²) in [5.74, 6) is 0.666. The van der Waals surface area contributed by atoms with E-state index in [1.807, 2.05) is 18.2 Å². The van der Waals surface area contributed by atoms with Crippen molar-refractivity contribution in [2.45, 2.75) is 0 Å². The van der Waals surface area contributed by atoms with Gasteiger partial charge in [-0.3, -0.25) is 0 Å². The van der Waals surface area contributed by atoms with E-state index in [0.717, 1.165) is 94.4 Å². The van der Waals surface area contributed by atoms with Gasteiger partial charge in [-0.2, -0.15) is 0 Å². The quantitative estimate of drug-likeness (QED) is 0.144. The average Bonchev–Trinajstić information content (AvgIpc) is 3.37. The maximum atomic E-state index is 5.37. The van der Waals surface area contributed by atoms with Crippen LogP contribution in [0.1, 0.15) is 0 Å². The molecule has 62 heavy (non-hydrogen) atoms. The predicted molar refractivity (Wildman–Crippen MR) is 258 cm³/mol. The molecule has 0 unspecified atom stereocenters. The van der Waals surface area contributed by atoms with Crippen molar-refractivity contribution in [1.29, 1.82) is 0 Å². The first-order valence-corrected chi connectivity index (χ1v) is 21.0. The fraction of sp³-hybridized carbons (Fsp3) is 0. The summed E-state index contributed by atoms with van der Waals surface area (Å²) >= 11 is 0. The van der Waals surface area contributed by atoms with Gasteiger partial charge in [-0.1, -0.05) is 212 Å². The van der Waals surface area contributed by atoms with Crippen LogP contribution in [-0.2, 0) is 0 Å². The van der Waals surface area contributed by atoms with Crippen molar-refractivity contribution in [1.82, 2.24) is 15.0 Å². The number of hydrogen-bond acceptors (Lipinski definition) is 3. The zero-order valence-electron chi connectivity index (χ0n) is 33.9. The molecule has 3 nitrogen and oxygen atoms in total. The first-order chi connectivity index (χ1) is 30.7. The number of rotatable bonds is 8. The molecule has 2 heterocycles. The molecule has 0 fully saturated rings. The van der Waals surface area contributed by atoms with Gasteiger partial charge in [0.15, 0.2) is 5.82 Å². The van der Waals surface area contributed by atoms with Crippen LogP contribution >= 0.6 is 0 Å². The van der Waals surface area contributed by atoms with Gasteiger partial charge in [0.1, 0.15) is 0 Å². The highest BCUT2D eigenvalue weighted by molar-refractivity contribution is 6.18. The Morgan fingerprint density at radius 2 is 0.629 bits per heavy atom. The molecule has 290 valence electrons. The fourth-order valence-corrected chi connectivity index (χ4v) is 8.57. The van der Waals surface area contributed by atoms with Crippen molar-refractivity contribution in [2.75, 3.05) is 0 Å². The molecule has 11 rings (SSSR count). The van der Waals surface area contributed by atoms with Crippen LogP contribution in [0.25, 0.3) is 111 Å². The topological polar surface area (TPSA) is 38.7 Å². The first kappa shape index (κ1) is 36.8. The third kappa shape index (κ3) is 7.12. The summed E-state index contributed by atoms with van der Waals surface area (Å²) < 4.78 is 0. The predicted octanol–water partition coefficient (Wildman–Crippen LogP) is 15.5. The molecule has 0 saturated carbocycles. The lowest BCUT2D eigenvalue weighted by Crippen LogP contribution is -1.97. The van der Waals surface area contributed by atoms with Gasteiger partial charge in [-0.25, -0.2) is 15.0 Å². The molecule has 0 N–H and O–H groups in total. The van der Waals surface area contributed by atoms with E-state index in [2.05, 4.69) is 218 Å². The van der Waals surface area contributed by atoms with Gasteiger partial charge in [-0.15, -0.1) is 0 Å². The number of hydrogen-bond donors (Lipinski definition) is 0. The monoisotopic (exact) mass is 789 g/mol. The van der Waals surface area contributed by atoms with Gasteiger partial charge < -0.3 is 0 Å². The lowest BCUT2D eigenvalue weighted by atomic mass is 9.90. The minimum atomic E-state index is 0.666. The van der Waals surface area contributed by atoms with Crippen molar-refractivity contribution < 1.29 is 0 Å². The lowest BCUT2D eigenvalue weighted by Gasteiger charge is -2.16. The van der Waals surface area contributed by atoms with Crippen molar-refractivity contribution in [3.63, 3.8) is 0 Å². The van der Waals surface area contributed by atoms with E-state index in [1.165, 1.54) is 11.1 Å². The molecule has 0 atom stereocenters. The Morgan fingerprint density at radius 1 is 0.226 bits per heavy atom. The average molecular weight is 790 g/mol. The Morgan fingerprint density at radius 3 is 1.19 bits per heavy atom. The Labute approximate surface area is 361 Å². The van der Waals surface area contributed by atoms with E-state index in [-0.39, 0.29) is 0 Å². The molecule has 3 heteroatoms. The zero-order valence-corrected chi connectivity index (χ0v) is 33.9. The van der Waals surface area contributed by atoms with E-state index in [1.54, 1.807) is 0 Å². The van der Waals surface area contributed by atoms with Crippen LogP contribution in [0.15, 0.2) is 237 Å². The Kier molecular flexibility index (Phi) is 9.53. The van der Waals surface area contributed by atoms with E-state index in [9.17, 15) is 0 Å². The SMILES string of the molecule is c1ccc(-c2ccc(-c3cc(-c4ccc(-c5ccccc5)cc4)nc(-c4cccc(-c5cc6nc(-c7ccccc7)cc(-c7ccccc7)c6c6ccccc56)c4)n3)cc2)cc1. The number of nitrogens with zero attached hydrogens (tertiary/aromatic N) is 3. The highest BCUT2D eigenvalue weighted by Gasteiger charge is 2.18. The highest BCUT2D eigenvalue weighted by Crippen LogP contribution is 2.41. The summed E-state index contributed by atoms with van der Waals surface area (Å²) in [6.07, 6.45) is 0. The summed E-state index contributed by atoms with van der Waals surface area (Å²) in [4.78, 5) is 15.9. The largest absolute Gasteiger partial charge is 0.248 e. The molecule has 0 aliphatic rings. The second-order valence-electron chi connectivity index (χ2n) is 15.6. The number of aromatic nitrogens is 3. The minimum Gasteiger partial charge on any atom is -0.248 e. The third-order valence-corrected chi connectivity index (χ3v) is 11.7. The molecule has 0 bridgehead atoms. The zero-order chi connectivity index (χ0) is 41.2. The second-order valence-corrected chi connectivity index (χ2v) is 15.6. The third-order valence-electron chi connectivity index (χ3n) is 11.7. The van der Waals surface area contributed by atoms with Crippen LogP contribution in [0.2, 0.25) is 0 Å². The highest BCUT2D eigenvalue weighted by atomic mass is 14.9. The molecular formula is C59H39N3. The maximum Gasteiger partial charge on any atom is 0.160 e. The number of fused-ring (bicyclic) bond motifs is 3. The molecular weight excluding hydrogens is 751 g/mol. The summed E-state index contributed by atoms with van der Waals surface area (Å²) in [6.45, 7) is 0. The lowest BCUT2D eigenvalue weighted by molar-refractivity contribution is 1.18. The summed E-state index contributed by atoms with van der Waals surface area (Å²) in [6, 6.07) is 83.4. The van der Waals surface area contributed by atoms with E-state index in [0.29, 0.717) is 5.82 Å². The summed E-state index contributed by atoms with van der Waals surface area (Å²) in [5, 5.41) is 3.47. The van der Waals surface area contributed by atoms with Gasteiger partial charge in [-0.05, 0) is 79.5 Å². The van der Waals surface area contributed by atoms with Gasteiger partial charge in [0.2, 0.25) is 0 Å². The molecule has 0 aliphatic carbocycles. The Bertz CT molecular complexity index is 3250. The maximum absolute atomic E-state index is 5.37. The van der Waals surface area contributed by atoms with Crippen LogP contribution in [0.5, 0.6) is 0 Å². The molecule has 0 aliphatic heterocycles. The Balaban J connectivity index is 1.06. The smallest absolute Gasteiger partial charge is 0.160 e. The van der Waals surface area contributed by atoms with Crippen LogP contribution < -0.4 is 0 Å². The Hall–Kier alpha value is -8.27.